The third-order valence-electron chi connectivity index (χ3n) is 3.89. The summed E-state index contributed by atoms with van der Waals surface area (Å²) < 4.78 is 7.34. The molecule has 1 aliphatic rings. The lowest BCUT2D eigenvalue weighted by Gasteiger charge is -2.10. The maximum absolute atomic E-state index is 12.0. The van der Waals surface area contributed by atoms with Crippen molar-refractivity contribution < 1.29 is 14.6 Å². The number of anilines is 1. The molecule has 23 heavy (non-hydrogen) atoms. The second-order valence-electron chi connectivity index (χ2n) is 5.76. The van der Waals surface area contributed by atoms with E-state index in [0.29, 0.717) is 12.2 Å². The minimum absolute atomic E-state index is 0.0148. The molecule has 2 aromatic rings. The van der Waals surface area contributed by atoms with E-state index < -0.39 is 6.10 Å². The molecule has 0 spiro atoms. The van der Waals surface area contributed by atoms with E-state index in [1.165, 1.54) is 0 Å². The van der Waals surface area contributed by atoms with E-state index in [0.717, 1.165) is 25.0 Å². The van der Waals surface area contributed by atoms with Gasteiger partial charge in [-0.3, -0.25) is 9.48 Å². The molecule has 2 heterocycles. The number of carbonyl (C=O) groups is 1. The third kappa shape index (κ3) is 4.40. The Balaban J connectivity index is 1.50. The smallest absolute Gasteiger partial charge is 0.227 e. The topological polar surface area (TPSA) is 76.4 Å². The molecule has 1 aliphatic heterocycles. The van der Waals surface area contributed by atoms with E-state index in [9.17, 15) is 9.90 Å². The summed E-state index contributed by atoms with van der Waals surface area (Å²) in [7, 11) is 0. The predicted molar refractivity (Wildman–Crippen MR) is 85.8 cm³/mol. The number of aliphatic hydroxyl groups is 1. The van der Waals surface area contributed by atoms with Crippen LogP contribution < -0.4 is 5.32 Å². The van der Waals surface area contributed by atoms with Crippen molar-refractivity contribution in [3.8, 4) is 0 Å². The zero-order chi connectivity index (χ0) is 16.1. The zero-order valence-electron chi connectivity index (χ0n) is 12.9. The molecule has 0 bridgehead atoms. The highest BCUT2D eigenvalue weighted by atomic mass is 16.5. The van der Waals surface area contributed by atoms with Crippen molar-refractivity contribution in [2.45, 2.75) is 38.0 Å². The number of benzene rings is 1. The summed E-state index contributed by atoms with van der Waals surface area (Å²) in [6.45, 7) is 1.51. The van der Waals surface area contributed by atoms with Crippen LogP contribution in [-0.2, 0) is 16.1 Å². The van der Waals surface area contributed by atoms with Gasteiger partial charge in [-0.05, 0) is 18.4 Å². The maximum Gasteiger partial charge on any atom is 0.227 e. The lowest BCUT2D eigenvalue weighted by atomic mass is 10.1. The van der Waals surface area contributed by atoms with E-state index in [2.05, 4.69) is 10.4 Å². The molecule has 1 amide bonds. The number of hydrogen-bond acceptors (Lipinski definition) is 4. The molecule has 2 N–H and O–H groups in total. The second-order valence-corrected chi connectivity index (χ2v) is 5.76. The van der Waals surface area contributed by atoms with E-state index in [-0.39, 0.29) is 18.4 Å². The first kappa shape index (κ1) is 15.7. The summed E-state index contributed by atoms with van der Waals surface area (Å²) in [6.07, 6.45) is 4.95. The van der Waals surface area contributed by atoms with Crippen molar-refractivity contribution in [1.82, 2.24) is 9.78 Å². The Hall–Kier alpha value is -2.18. The first-order chi connectivity index (χ1) is 11.2. The van der Waals surface area contributed by atoms with Crippen LogP contribution in [0.3, 0.4) is 0 Å². The fraction of sp³-hybridized carbons (Fsp3) is 0.412. The van der Waals surface area contributed by atoms with Gasteiger partial charge in [-0.15, -0.1) is 0 Å². The normalized spacial score (nSPS) is 18.7. The van der Waals surface area contributed by atoms with Crippen molar-refractivity contribution in [2.24, 2.45) is 0 Å². The average Bonchev–Trinajstić information content (AvgIpc) is 3.21. The van der Waals surface area contributed by atoms with Gasteiger partial charge >= 0.3 is 0 Å². The Kier molecular flexibility index (Phi) is 5.05. The summed E-state index contributed by atoms with van der Waals surface area (Å²) in [5.41, 5.74) is 1.37. The number of hydrogen-bond donors (Lipinski definition) is 2. The van der Waals surface area contributed by atoms with Gasteiger partial charge in [0, 0.05) is 12.8 Å². The van der Waals surface area contributed by atoms with Crippen LogP contribution in [0.25, 0.3) is 0 Å². The second kappa shape index (κ2) is 7.39. The van der Waals surface area contributed by atoms with Gasteiger partial charge in [-0.25, -0.2) is 0 Å². The van der Waals surface area contributed by atoms with Crippen LogP contribution in [0.1, 0.15) is 30.9 Å². The Morgan fingerprint density at radius 3 is 3.00 bits per heavy atom. The average molecular weight is 315 g/mol. The number of aliphatic hydroxyl groups excluding tert-OH is 1. The molecule has 1 aromatic carbocycles. The number of nitrogens with zero attached hydrogens (tertiary/aromatic N) is 2. The number of amides is 1. The van der Waals surface area contributed by atoms with Crippen LogP contribution >= 0.6 is 0 Å². The van der Waals surface area contributed by atoms with E-state index >= 15 is 0 Å². The molecule has 2 unspecified atom stereocenters. The molecule has 1 saturated heterocycles. The molecule has 1 fully saturated rings. The minimum atomic E-state index is -0.807. The Morgan fingerprint density at radius 2 is 2.26 bits per heavy atom. The fourth-order valence-electron chi connectivity index (χ4n) is 2.71. The van der Waals surface area contributed by atoms with Crippen molar-refractivity contribution in [3.05, 3.63) is 48.3 Å². The fourth-order valence-corrected chi connectivity index (χ4v) is 2.71. The predicted octanol–water partition coefficient (Wildman–Crippen LogP) is 2.12. The molecule has 3 rings (SSSR count). The minimum Gasteiger partial charge on any atom is -0.388 e. The number of carbonyl (C=O) groups excluding carboxylic acids is 1. The summed E-state index contributed by atoms with van der Waals surface area (Å²) in [5, 5.41) is 17.1. The van der Waals surface area contributed by atoms with Crippen molar-refractivity contribution in [2.75, 3.05) is 11.9 Å². The number of nitrogens with one attached hydrogen (secondary N) is 1. The van der Waals surface area contributed by atoms with Crippen LogP contribution in [0.15, 0.2) is 42.7 Å². The lowest BCUT2D eigenvalue weighted by molar-refractivity contribution is -0.118. The van der Waals surface area contributed by atoms with Gasteiger partial charge in [0.1, 0.15) is 0 Å². The molecule has 6 nitrogen and oxygen atoms in total. The largest absolute Gasteiger partial charge is 0.388 e. The molecule has 6 heteroatoms. The van der Waals surface area contributed by atoms with Crippen LogP contribution in [-0.4, -0.2) is 33.5 Å². The zero-order valence-corrected chi connectivity index (χ0v) is 12.9. The molecule has 0 saturated carbocycles. The molecule has 122 valence electrons. The van der Waals surface area contributed by atoms with Gasteiger partial charge in [-0.1, -0.05) is 30.3 Å². The SMILES string of the molecule is O=C(CC(O)c1ccccc1)Nc1cnn(CC2CCCO2)c1. The third-order valence-corrected chi connectivity index (χ3v) is 3.89. The highest BCUT2D eigenvalue weighted by Crippen LogP contribution is 2.18. The van der Waals surface area contributed by atoms with Gasteiger partial charge in [-0.2, -0.15) is 5.10 Å². The number of aromatic nitrogens is 2. The van der Waals surface area contributed by atoms with Crippen LogP contribution in [0.4, 0.5) is 5.69 Å². The number of rotatable bonds is 6. The lowest BCUT2D eigenvalue weighted by Crippen LogP contribution is -2.16. The first-order valence-corrected chi connectivity index (χ1v) is 7.87. The summed E-state index contributed by atoms with van der Waals surface area (Å²) in [4.78, 5) is 12.0. The molecular formula is C17H21N3O3. The maximum atomic E-state index is 12.0. The van der Waals surface area contributed by atoms with E-state index in [1.54, 1.807) is 29.2 Å². The van der Waals surface area contributed by atoms with Crippen molar-refractivity contribution in [1.29, 1.82) is 0 Å². The summed E-state index contributed by atoms with van der Waals surface area (Å²) >= 11 is 0. The Morgan fingerprint density at radius 1 is 1.43 bits per heavy atom. The van der Waals surface area contributed by atoms with Gasteiger partial charge in [0.25, 0.3) is 0 Å². The van der Waals surface area contributed by atoms with Crippen molar-refractivity contribution >= 4 is 11.6 Å². The Labute approximate surface area is 135 Å². The van der Waals surface area contributed by atoms with Crippen molar-refractivity contribution in [3.63, 3.8) is 0 Å². The summed E-state index contributed by atoms with van der Waals surface area (Å²) in [5.74, 6) is -0.238. The molecule has 0 aliphatic carbocycles. The van der Waals surface area contributed by atoms with Gasteiger partial charge in [0.15, 0.2) is 0 Å². The van der Waals surface area contributed by atoms with E-state index in [4.69, 9.17) is 4.74 Å². The van der Waals surface area contributed by atoms with Gasteiger partial charge in [0.2, 0.25) is 5.91 Å². The highest BCUT2D eigenvalue weighted by Gasteiger charge is 2.17. The monoisotopic (exact) mass is 315 g/mol. The van der Waals surface area contributed by atoms with Crippen LogP contribution in [0.2, 0.25) is 0 Å². The van der Waals surface area contributed by atoms with E-state index in [1.807, 2.05) is 18.2 Å². The quantitative estimate of drug-likeness (QED) is 0.856. The molecule has 2 atom stereocenters. The molecular weight excluding hydrogens is 294 g/mol. The number of ether oxygens (including phenoxy) is 1. The Bertz CT molecular complexity index is 636. The highest BCUT2D eigenvalue weighted by molar-refractivity contribution is 5.90. The van der Waals surface area contributed by atoms with Gasteiger partial charge < -0.3 is 15.2 Å². The first-order valence-electron chi connectivity index (χ1n) is 7.87. The van der Waals surface area contributed by atoms with Crippen LogP contribution in [0, 0.1) is 0 Å². The van der Waals surface area contributed by atoms with Gasteiger partial charge in [0.05, 0.1) is 37.1 Å². The molecule has 1 aromatic heterocycles. The van der Waals surface area contributed by atoms with Crippen LogP contribution in [0.5, 0.6) is 0 Å². The molecule has 0 radical (unpaired) electrons. The standard InChI is InChI=1S/C17H21N3O3/c21-16(13-5-2-1-3-6-13)9-17(22)19-14-10-18-20(11-14)12-15-7-4-8-23-15/h1-3,5-6,10-11,15-16,21H,4,7-9,12H2,(H,19,22). The summed E-state index contributed by atoms with van der Waals surface area (Å²) in [6, 6.07) is 9.16.